The Labute approximate surface area is 167 Å². The van der Waals surface area contributed by atoms with Gasteiger partial charge in [-0.05, 0) is 48.5 Å². The van der Waals surface area contributed by atoms with Gasteiger partial charge in [0.2, 0.25) is 5.75 Å². The number of rotatable bonds is 5. The van der Waals surface area contributed by atoms with E-state index < -0.39 is 0 Å². The third-order valence-corrected chi connectivity index (χ3v) is 5.01. The Morgan fingerprint density at radius 3 is 2.46 bits per heavy atom. The number of nitrogens with one attached hydrogen (secondary N) is 1. The predicted molar refractivity (Wildman–Crippen MR) is 110 cm³/mol. The molecule has 0 bridgehead atoms. The van der Waals surface area contributed by atoms with E-state index in [0.717, 1.165) is 5.56 Å². The van der Waals surface area contributed by atoms with Crippen LogP contribution in [0.25, 0.3) is 6.08 Å². The van der Waals surface area contributed by atoms with E-state index in [2.05, 4.69) is 10.3 Å². The molecule has 0 aliphatic carbocycles. The summed E-state index contributed by atoms with van der Waals surface area (Å²) in [7, 11) is 4.59. The van der Waals surface area contributed by atoms with Gasteiger partial charge in [0, 0.05) is 5.56 Å². The highest BCUT2D eigenvalue weighted by molar-refractivity contribution is 8.18. The molecule has 2 N–H and O–H groups in total. The fraction of sp³-hybridized carbons (Fsp3) is 0.200. The van der Waals surface area contributed by atoms with E-state index in [1.54, 1.807) is 37.5 Å². The molecule has 1 aliphatic heterocycles. The van der Waals surface area contributed by atoms with Gasteiger partial charge in [0.05, 0.1) is 26.2 Å². The number of aromatic hydroxyl groups is 1. The van der Waals surface area contributed by atoms with Crippen molar-refractivity contribution in [2.75, 3.05) is 21.3 Å². The number of nitrogens with zero attached hydrogens (tertiary/aromatic N) is 1. The molecule has 0 unspecified atom stereocenters. The highest BCUT2D eigenvalue weighted by Crippen LogP contribution is 2.42. The minimum atomic E-state index is -0.284. The van der Waals surface area contributed by atoms with Crippen LogP contribution in [-0.4, -0.2) is 37.5 Å². The molecule has 1 heterocycles. The van der Waals surface area contributed by atoms with E-state index in [1.807, 2.05) is 13.0 Å². The number of ether oxygens (including phenoxy) is 3. The molecule has 1 amide bonds. The van der Waals surface area contributed by atoms with Crippen LogP contribution in [0.3, 0.4) is 0 Å². The summed E-state index contributed by atoms with van der Waals surface area (Å²) in [5, 5.41) is 13.1. The zero-order valence-electron chi connectivity index (χ0n) is 15.9. The van der Waals surface area contributed by atoms with E-state index in [9.17, 15) is 9.90 Å². The minimum absolute atomic E-state index is 0.0568. The number of carbonyl (C=O) groups is 1. The van der Waals surface area contributed by atoms with E-state index in [4.69, 9.17) is 14.2 Å². The number of hydrogen-bond acceptors (Lipinski definition) is 7. The maximum Gasteiger partial charge on any atom is 0.264 e. The van der Waals surface area contributed by atoms with Crippen LogP contribution in [0, 0.1) is 6.92 Å². The maximum atomic E-state index is 12.4. The topological polar surface area (TPSA) is 89.4 Å². The van der Waals surface area contributed by atoms with E-state index in [0.29, 0.717) is 38.6 Å². The average Bonchev–Trinajstić information content (AvgIpc) is 3.03. The summed E-state index contributed by atoms with van der Waals surface area (Å²) < 4.78 is 16.1. The summed E-state index contributed by atoms with van der Waals surface area (Å²) >= 11 is 1.18. The summed E-state index contributed by atoms with van der Waals surface area (Å²) in [5.74, 6) is 1.21. The van der Waals surface area contributed by atoms with Crippen molar-refractivity contribution in [3.8, 4) is 23.0 Å². The van der Waals surface area contributed by atoms with Crippen LogP contribution >= 0.6 is 11.8 Å². The van der Waals surface area contributed by atoms with Gasteiger partial charge < -0.3 is 24.6 Å². The van der Waals surface area contributed by atoms with Crippen LogP contribution in [-0.2, 0) is 4.79 Å². The largest absolute Gasteiger partial charge is 0.506 e. The summed E-state index contributed by atoms with van der Waals surface area (Å²) in [6, 6.07) is 8.66. The Hall–Kier alpha value is -3.13. The number of amides is 1. The number of benzene rings is 2. The molecule has 7 nitrogen and oxygen atoms in total. The van der Waals surface area contributed by atoms with Crippen LogP contribution < -0.4 is 19.5 Å². The Balaban J connectivity index is 1.97. The van der Waals surface area contributed by atoms with Gasteiger partial charge in [-0.3, -0.25) is 4.79 Å². The third kappa shape index (κ3) is 3.77. The molecule has 0 atom stereocenters. The fourth-order valence-electron chi connectivity index (χ4n) is 2.75. The molecule has 0 aromatic heterocycles. The van der Waals surface area contributed by atoms with Crippen molar-refractivity contribution in [1.29, 1.82) is 0 Å². The van der Waals surface area contributed by atoms with E-state index >= 15 is 0 Å². The molecule has 0 radical (unpaired) electrons. The number of hydrogen-bond donors (Lipinski definition) is 2. The van der Waals surface area contributed by atoms with Crippen molar-refractivity contribution in [3.05, 3.63) is 46.4 Å². The summed E-state index contributed by atoms with van der Waals surface area (Å²) in [5.41, 5.74) is 1.90. The van der Waals surface area contributed by atoms with Gasteiger partial charge in [-0.1, -0.05) is 12.1 Å². The average molecular weight is 400 g/mol. The second-order valence-electron chi connectivity index (χ2n) is 5.85. The molecule has 1 aliphatic rings. The van der Waals surface area contributed by atoms with Gasteiger partial charge in [0.25, 0.3) is 5.91 Å². The standard InChI is InChI=1S/C20H20N2O5S/c1-11-6-5-7-13(23)16(11)21-20-22-19(24)15(28-20)10-12-8-9-14(25-2)18(27-4)17(12)26-3/h5-10,23H,1-4H3,(H,21,22,24)/b15-10-. The molecule has 2 aromatic carbocycles. The van der Waals surface area contributed by atoms with Crippen molar-refractivity contribution in [1.82, 2.24) is 5.32 Å². The lowest BCUT2D eigenvalue weighted by molar-refractivity contribution is -0.115. The number of thioether (sulfide) groups is 1. The first-order valence-electron chi connectivity index (χ1n) is 8.35. The molecule has 28 heavy (non-hydrogen) atoms. The first-order valence-corrected chi connectivity index (χ1v) is 9.17. The van der Waals surface area contributed by atoms with Crippen LogP contribution in [0.5, 0.6) is 23.0 Å². The van der Waals surface area contributed by atoms with Crippen molar-refractivity contribution < 1.29 is 24.1 Å². The van der Waals surface area contributed by atoms with Crippen molar-refractivity contribution in [3.63, 3.8) is 0 Å². The fourth-order valence-corrected chi connectivity index (χ4v) is 3.57. The number of para-hydroxylation sites is 1. The lowest BCUT2D eigenvalue weighted by Crippen LogP contribution is -2.19. The number of amidine groups is 1. The Kier molecular flexibility index (Phi) is 5.79. The summed E-state index contributed by atoms with van der Waals surface area (Å²) in [6.45, 7) is 1.84. The van der Waals surface area contributed by atoms with Gasteiger partial charge in [0.15, 0.2) is 16.7 Å². The molecule has 146 valence electrons. The molecule has 2 aromatic rings. The number of aliphatic imine (C=N–C) groups is 1. The monoisotopic (exact) mass is 400 g/mol. The van der Waals surface area contributed by atoms with E-state index in [-0.39, 0.29) is 11.7 Å². The molecule has 0 saturated carbocycles. The molecule has 0 spiro atoms. The number of aryl methyl sites for hydroxylation is 1. The van der Waals surface area contributed by atoms with Crippen molar-refractivity contribution in [2.45, 2.75) is 6.92 Å². The Morgan fingerprint density at radius 1 is 1.07 bits per heavy atom. The normalized spacial score (nSPS) is 16.4. The lowest BCUT2D eigenvalue weighted by atomic mass is 10.1. The van der Waals surface area contributed by atoms with Crippen LogP contribution in [0.4, 0.5) is 5.69 Å². The predicted octanol–water partition coefficient (Wildman–Crippen LogP) is 3.62. The third-order valence-electron chi connectivity index (χ3n) is 4.10. The summed E-state index contributed by atoms with van der Waals surface area (Å²) in [6.07, 6.45) is 1.70. The Morgan fingerprint density at radius 2 is 1.82 bits per heavy atom. The van der Waals surface area contributed by atoms with Gasteiger partial charge >= 0.3 is 0 Å². The van der Waals surface area contributed by atoms with E-state index in [1.165, 1.54) is 26.0 Å². The number of phenols is 1. The second kappa shape index (κ2) is 8.26. The highest BCUT2D eigenvalue weighted by atomic mass is 32.2. The van der Waals surface area contributed by atoms with Crippen LogP contribution in [0.2, 0.25) is 0 Å². The number of carbonyl (C=O) groups excluding carboxylic acids is 1. The molecular weight excluding hydrogens is 380 g/mol. The minimum Gasteiger partial charge on any atom is -0.506 e. The van der Waals surface area contributed by atoms with Crippen molar-refractivity contribution >= 4 is 34.6 Å². The van der Waals surface area contributed by atoms with Gasteiger partial charge in [-0.2, -0.15) is 0 Å². The van der Waals surface area contributed by atoms with Crippen LogP contribution in [0.1, 0.15) is 11.1 Å². The lowest BCUT2D eigenvalue weighted by Gasteiger charge is -2.14. The number of methoxy groups -OCH3 is 3. The molecule has 1 fully saturated rings. The number of phenolic OH excluding ortho intramolecular Hbond substituents is 1. The first-order chi connectivity index (χ1) is 13.5. The van der Waals surface area contributed by atoms with Gasteiger partial charge in [-0.25, -0.2) is 4.99 Å². The maximum absolute atomic E-state index is 12.4. The molecule has 3 rings (SSSR count). The second-order valence-corrected chi connectivity index (χ2v) is 6.88. The molecule has 8 heteroatoms. The SMILES string of the molecule is COc1ccc(/C=C2\SC(=Nc3c(C)cccc3O)NC2=O)c(OC)c1OC. The molecular formula is C20H20N2O5S. The molecule has 1 saturated heterocycles. The van der Waals surface area contributed by atoms with Gasteiger partial charge in [-0.15, -0.1) is 0 Å². The highest BCUT2D eigenvalue weighted by Gasteiger charge is 2.25. The first kappa shape index (κ1) is 19.6. The quantitative estimate of drug-likeness (QED) is 0.745. The van der Waals surface area contributed by atoms with Gasteiger partial charge in [0.1, 0.15) is 11.4 Å². The van der Waals surface area contributed by atoms with Crippen LogP contribution in [0.15, 0.2) is 40.2 Å². The zero-order valence-corrected chi connectivity index (χ0v) is 16.7. The smallest absolute Gasteiger partial charge is 0.264 e. The summed E-state index contributed by atoms with van der Waals surface area (Å²) in [4.78, 5) is 17.2. The Bertz CT molecular complexity index is 965. The zero-order chi connectivity index (χ0) is 20.3. The van der Waals surface area contributed by atoms with Crippen molar-refractivity contribution in [2.24, 2.45) is 4.99 Å².